The lowest BCUT2D eigenvalue weighted by atomic mass is 10.2. The molecule has 0 aliphatic rings. The highest BCUT2D eigenvalue weighted by molar-refractivity contribution is 9.10. The maximum atomic E-state index is 5.47. The molecule has 3 aromatic rings. The van der Waals surface area contributed by atoms with E-state index in [1.807, 2.05) is 41.2 Å². The van der Waals surface area contributed by atoms with E-state index in [4.69, 9.17) is 4.42 Å². The summed E-state index contributed by atoms with van der Waals surface area (Å²) in [6.45, 7) is 0.618. The van der Waals surface area contributed by atoms with Gasteiger partial charge in [-0.05, 0) is 30.3 Å². The van der Waals surface area contributed by atoms with E-state index in [-0.39, 0.29) is 0 Å². The summed E-state index contributed by atoms with van der Waals surface area (Å²) in [4.78, 5) is 4.44. The Morgan fingerprint density at radius 3 is 2.78 bits per heavy atom. The van der Waals surface area contributed by atoms with Crippen molar-refractivity contribution >= 4 is 15.9 Å². The smallest absolute Gasteiger partial charge is 0.226 e. The maximum Gasteiger partial charge on any atom is 0.226 e. The molecule has 0 bridgehead atoms. The van der Waals surface area contributed by atoms with Crippen molar-refractivity contribution in [3.8, 4) is 11.5 Å². The summed E-state index contributed by atoms with van der Waals surface area (Å²) in [5, 5.41) is 4.13. The summed E-state index contributed by atoms with van der Waals surface area (Å²) in [6, 6.07) is 9.75. The minimum Gasteiger partial charge on any atom is -0.444 e. The van der Waals surface area contributed by atoms with Crippen molar-refractivity contribution in [1.29, 1.82) is 0 Å². The average Bonchev–Trinajstić information content (AvgIpc) is 3.02. The van der Waals surface area contributed by atoms with Crippen molar-refractivity contribution in [2.24, 2.45) is 0 Å². The molecule has 0 N–H and O–H groups in total. The van der Waals surface area contributed by atoms with Gasteiger partial charge in [0.05, 0.1) is 6.54 Å². The third kappa shape index (κ3) is 2.36. The van der Waals surface area contributed by atoms with Crippen molar-refractivity contribution in [2.45, 2.75) is 6.54 Å². The van der Waals surface area contributed by atoms with E-state index >= 15 is 0 Å². The van der Waals surface area contributed by atoms with Gasteiger partial charge in [0, 0.05) is 22.4 Å². The lowest BCUT2D eigenvalue weighted by molar-refractivity contribution is 0.569. The van der Waals surface area contributed by atoms with Gasteiger partial charge in [-0.1, -0.05) is 15.9 Å². The molecule has 0 radical (unpaired) electrons. The zero-order valence-corrected chi connectivity index (χ0v) is 11.0. The summed E-state index contributed by atoms with van der Waals surface area (Å²) in [6.07, 6.45) is 5.31. The van der Waals surface area contributed by atoms with Crippen LogP contribution in [-0.4, -0.2) is 14.8 Å². The summed E-state index contributed by atoms with van der Waals surface area (Å²) in [5.41, 5.74) is 1.82. The van der Waals surface area contributed by atoms with E-state index in [0.29, 0.717) is 12.4 Å². The van der Waals surface area contributed by atoms with Gasteiger partial charge >= 0.3 is 0 Å². The Labute approximate surface area is 112 Å². The third-order valence-corrected chi connectivity index (χ3v) is 3.05. The van der Waals surface area contributed by atoms with Gasteiger partial charge < -0.3 is 4.42 Å². The Morgan fingerprint density at radius 1 is 1.22 bits per heavy atom. The van der Waals surface area contributed by atoms with Crippen LogP contribution in [0.4, 0.5) is 0 Å². The first-order chi connectivity index (χ1) is 8.81. The van der Waals surface area contributed by atoms with Gasteiger partial charge in [0.2, 0.25) is 5.89 Å². The van der Waals surface area contributed by atoms with Crippen LogP contribution in [0.5, 0.6) is 0 Å². The van der Waals surface area contributed by atoms with E-state index in [1.54, 1.807) is 12.5 Å². The summed E-state index contributed by atoms with van der Waals surface area (Å²) in [5.74, 6) is 0.629. The van der Waals surface area contributed by atoms with Crippen LogP contribution in [0.2, 0.25) is 0 Å². The molecule has 4 nitrogen and oxygen atoms in total. The van der Waals surface area contributed by atoms with Crippen LogP contribution in [0.25, 0.3) is 11.5 Å². The second-order valence-electron chi connectivity index (χ2n) is 3.85. The Balaban J connectivity index is 1.83. The second kappa shape index (κ2) is 4.78. The molecule has 3 rings (SSSR count). The molecule has 0 saturated heterocycles. The van der Waals surface area contributed by atoms with Gasteiger partial charge in [-0.3, -0.25) is 4.68 Å². The first-order valence-corrected chi connectivity index (χ1v) is 6.28. The van der Waals surface area contributed by atoms with E-state index in [9.17, 15) is 0 Å². The quantitative estimate of drug-likeness (QED) is 0.745. The number of aromatic nitrogens is 3. The van der Waals surface area contributed by atoms with Gasteiger partial charge in [-0.15, -0.1) is 0 Å². The SMILES string of the molecule is Brc1ccc(-c2nc(Cn3cccn3)co2)cc1. The molecule has 0 saturated carbocycles. The zero-order chi connectivity index (χ0) is 12.4. The van der Waals surface area contributed by atoms with E-state index < -0.39 is 0 Å². The highest BCUT2D eigenvalue weighted by Gasteiger charge is 2.07. The fourth-order valence-corrected chi connectivity index (χ4v) is 1.93. The number of hydrogen-bond donors (Lipinski definition) is 0. The van der Waals surface area contributed by atoms with Crippen LogP contribution in [-0.2, 0) is 6.54 Å². The molecule has 5 heteroatoms. The zero-order valence-electron chi connectivity index (χ0n) is 9.45. The lowest BCUT2D eigenvalue weighted by Crippen LogP contribution is -1.99. The van der Waals surface area contributed by atoms with Crippen LogP contribution in [0, 0.1) is 0 Å². The first-order valence-electron chi connectivity index (χ1n) is 5.49. The number of rotatable bonds is 3. The van der Waals surface area contributed by atoms with Crippen molar-refractivity contribution < 1.29 is 4.42 Å². The van der Waals surface area contributed by atoms with Crippen molar-refractivity contribution in [3.63, 3.8) is 0 Å². The molecule has 2 aromatic heterocycles. The molecule has 0 aliphatic heterocycles. The van der Waals surface area contributed by atoms with E-state index in [1.165, 1.54) is 0 Å². The highest BCUT2D eigenvalue weighted by atomic mass is 79.9. The van der Waals surface area contributed by atoms with Crippen LogP contribution in [0.15, 0.2) is 57.9 Å². The molecular formula is C13H10BrN3O. The van der Waals surface area contributed by atoms with Crippen LogP contribution in [0.1, 0.15) is 5.69 Å². The molecule has 0 spiro atoms. The minimum absolute atomic E-state index is 0.618. The fourth-order valence-electron chi connectivity index (χ4n) is 1.66. The molecule has 2 heterocycles. The third-order valence-electron chi connectivity index (χ3n) is 2.53. The van der Waals surface area contributed by atoms with Crippen LogP contribution < -0.4 is 0 Å². The average molecular weight is 304 g/mol. The molecule has 0 amide bonds. The maximum absolute atomic E-state index is 5.47. The Bertz CT molecular complexity index is 629. The molecule has 0 unspecified atom stereocenters. The highest BCUT2D eigenvalue weighted by Crippen LogP contribution is 2.21. The molecular weight excluding hydrogens is 294 g/mol. The Morgan fingerprint density at radius 2 is 2.06 bits per heavy atom. The second-order valence-corrected chi connectivity index (χ2v) is 4.77. The molecule has 18 heavy (non-hydrogen) atoms. The van der Waals surface area contributed by atoms with Gasteiger partial charge in [-0.25, -0.2) is 4.98 Å². The van der Waals surface area contributed by atoms with Gasteiger partial charge in [0.1, 0.15) is 12.0 Å². The van der Waals surface area contributed by atoms with E-state index in [0.717, 1.165) is 15.7 Å². The summed E-state index contributed by atoms with van der Waals surface area (Å²) in [7, 11) is 0. The van der Waals surface area contributed by atoms with Gasteiger partial charge in [0.15, 0.2) is 0 Å². The molecule has 0 fully saturated rings. The molecule has 90 valence electrons. The van der Waals surface area contributed by atoms with Crippen LogP contribution >= 0.6 is 15.9 Å². The molecule has 1 aromatic carbocycles. The van der Waals surface area contributed by atoms with Gasteiger partial charge in [0.25, 0.3) is 0 Å². The normalized spacial score (nSPS) is 10.7. The fraction of sp³-hybridized carbons (Fsp3) is 0.0769. The van der Waals surface area contributed by atoms with Crippen molar-refractivity contribution in [2.75, 3.05) is 0 Å². The van der Waals surface area contributed by atoms with E-state index in [2.05, 4.69) is 26.0 Å². The predicted molar refractivity (Wildman–Crippen MR) is 71.0 cm³/mol. The number of halogens is 1. The van der Waals surface area contributed by atoms with Gasteiger partial charge in [-0.2, -0.15) is 5.10 Å². The lowest BCUT2D eigenvalue weighted by Gasteiger charge is -1.96. The Kier molecular flexibility index (Phi) is 2.98. The summed E-state index contributed by atoms with van der Waals surface area (Å²) >= 11 is 3.40. The summed E-state index contributed by atoms with van der Waals surface area (Å²) < 4.78 is 8.32. The minimum atomic E-state index is 0.618. The number of hydrogen-bond acceptors (Lipinski definition) is 3. The standard InChI is InChI=1S/C13H10BrN3O/c14-11-4-2-10(3-5-11)13-16-12(9-18-13)8-17-7-1-6-15-17/h1-7,9H,8H2. The topological polar surface area (TPSA) is 43.9 Å². The monoisotopic (exact) mass is 303 g/mol. The number of oxazole rings is 1. The number of nitrogens with zero attached hydrogens (tertiary/aromatic N) is 3. The first kappa shape index (κ1) is 11.2. The Hall–Kier alpha value is -1.88. The van der Waals surface area contributed by atoms with Crippen molar-refractivity contribution in [1.82, 2.24) is 14.8 Å². The number of benzene rings is 1. The molecule has 0 aliphatic carbocycles. The van der Waals surface area contributed by atoms with Crippen molar-refractivity contribution in [3.05, 3.63) is 59.2 Å². The van der Waals surface area contributed by atoms with Crippen LogP contribution in [0.3, 0.4) is 0 Å². The molecule has 0 atom stereocenters. The predicted octanol–water partition coefficient (Wildman–Crippen LogP) is 3.35. The largest absolute Gasteiger partial charge is 0.444 e.